The first-order chi connectivity index (χ1) is 10.4. The van der Waals surface area contributed by atoms with Gasteiger partial charge < -0.3 is 19.7 Å². The number of esters is 1. The first-order valence-electron chi connectivity index (χ1n) is 7.12. The third-order valence-corrected chi connectivity index (χ3v) is 2.76. The van der Waals surface area contributed by atoms with Crippen molar-refractivity contribution < 1.29 is 29.3 Å². The molecule has 0 rings (SSSR count). The van der Waals surface area contributed by atoms with E-state index in [2.05, 4.69) is 17.9 Å². The zero-order chi connectivity index (χ0) is 17.4. The maximum atomic E-state index is 10.8. The second-order valence-corrected chi connectivity index (χ2v) is 4.62. The van der Waals surface area contributed by atoms with Crippen LogP contribution in [0.4, 0.5) is 0 Å². The zero-order valence-electron chi connectivity index (χ0n) is 13.5. The molecular formula is C16H28O6. The Morgan fingerprint density at radius 2 is 1.64 bits per heavy atom. The van der Waals surface area contributed by atoms with Crippen molar-refractivity contribution in [1.82, 2.24) is 0 Å². The second kappa shape index (κ2) is 15.7. The number of allylic oxidation sites excluding steroid dienone is 2. The van der Waals surface area contributed by atoms with Crippen LogP contribution in [0.15, 0.2) is 25.3 Å². The Morgan fingerprint density at radius 3 is 2.05 bits per heavy atom. The van der Waals surface area contributed by atoms with Crippen molar-refractivity contribution in [3.8, 4) is 0 Å². The third-order valence-electron chi connectivity index (χ3n) is 2.76. The van der Waals surface area contributed by atoms with Crippen LogP contribution < -0.4 is 0 Å². The molecule has 2 N–H and O–H groups in total. The molecule has 0 radical (unpaired) electrons. The fourth-order valence-corrected chi connectivity index (χ4v) is 1.49. The number of ether oxygens (including phenoxy) is 2. The highest BCUT2D eigenvalue weighted by atomic mass is 16.5. The molecule has 0 spiro atoms. The van der Waals surface area contributed by atoms with E-state index in [0.717, 1.165) is 12.8 Å². The molecule has 0 aliphatic rings. The summed E-state index contributed by atoms with van der Waals surface area (Å²) in [6.45, 7) is 7.05. The minimum absolute atomic E-state index is 0.0459. The van der Waals surface area contributed by atoms with Gasteiger partial charge in [0.25, 0.3) is 0 Å². The molecule has 0 saturated carbocycles. The van der Waals surface area contributed by atoms with E-state index >= 15 is 0 Å². The summed E-state index contributed by atoms with van der Waals surface area (Å²) in [4.78, 5) is 20.8. The zero-order valence-corrected chi connectivity index (χ0v) is 13.5. The molecule has 6 heteroatoms. The summed E-state index contributed by atoms with van der Waals surface area (Å²) in [6.07, 6.45) is 5.66. The lowest BCUT2D eigenvalue weighted by atomic mass is 10.1. The molecular weight excluding hydrogens is 288 g/mol. The van der Waals surface area contributed by atoms with Crippen molar-refractivity contribution in [2.45, 2.75) is 50.7 Å². The molecule has 0 bridgehead atoms. The Hall–Kier alpha value is -1.66. The number of methoxy groups -OCH3 is 2. The number of carbonyl (C=O) groups is 2. The highest BCUT2D eigenvalue weighted by Crippen LogP contribution is 2.07. The molecule has 0 heterocycles. The number of carbonyl (C=O) groups excluding carboxylic acids is 1. The van der Waals surface area contributed by atoms with Crippen LogP contribution in [0.3, 0.4) is 0 Å². The molecule has 0 aliphatic carbocycles. The third kappa shape index (κ3) is 16.4. The standard InChI is InChI=1S/C9H16O3.C7H12O3/c1-4-5-6-8(11-2)7-9(10)12-3;1-2-3-4-6(8)5-7(9)10/h4,8H,1,5-7H2,2-3H3;2,6,8H,1,3-5H2,(H,9,10)/t8-;6-/m11/s1. The number of aliphatic hydroxyl groups is 1. The van der Waals surface area contributed by atoms with E-state index in [-0.39, 0.29) is 18.5 Å². The molecule has 0 amide bonds. The maximum Gasteiger partial charge on any atom is 0.308 e. The Balaban J connectivity index is 0. The molecule has 22 heavy (non-hydrogen) atoms. The van der Waals surface area contributed by atoms with Gasteiger partial charge in [-0.3, -0.25) is 9.59 Å². The van der Waals surface area contributed by atoms with Gasteiger partial charge in [0.15, 0.2) is 0 Å². The Labute approximate surface area is 132 Å². The first-order valence-corrected chi connectivity index (χ1v) is 7.12. The van der Waals surface area contributed by atoms with Gasteiger partial charge in [0, 0.05) is 7.11 Å². The minimum atomic E-state index is -0.962. The van der Waals surface area contributed by atoms with Crippen LogP contribution >= 0.6 is 0 Å². The van der Waals surface area contributed by atoms with Crippen LogP contribution in [0, 0.1) is 0 Å². The quantitative estimate of drug-likeness (QED) is 0.449. The number of hydrogen-bond donors (Lipinski definition) is 2. The highest BCUT2D eigenvalue weighted by Gasteiger charge is 2.11. The number of hydrogen-bond acceptors (Lipinski definition) is 5. The van der Waals surface area contributed by atoms with Gasteiger partial charge in [-0.05, 0) is 25.7 Å². The van der Waals surface area contributed by atoms with Crippen LogP contribution in [0.2, 0.25) is 0 Å². The summed E-state index contributed by atoms with van der Waals surface area (Å²) in [7, 11) is 2.97. The van der Waals surface area contributed by atoms with E-state index < -0.39 is 12.1 Å². The molecule has 0 aromatic carbocycles. The normalized spacial score (nSPS) is 12.3. The first kappa shape index (κ1) is 22.6. The fraction of sp³-hybridized carbons (Fsp3) is 0.625. The molecule has 0 aromatic rings. The molecule has 0 saturated heterocycles. The van der Waals surface area contributed by atoms with E-state index in [9.17, 15) is 9.59 Å². The van der Waals surface area contributed by atoms with Crippen LogP contribution in [-0.4, -0.2) is 48.6 Å². The van der Waals surface area contributed by atoms with Crippen LogP contribution in [-0.2, 0) is 19.1 Å². The molecule has 0 unspecified atom stereocenters. The lowest BCUT2D eigenvalue weighted by molar-refractivity contribution is -0.143. The Bertz CT molecular complexity index is 327. The lowest BCUT2D eigenvalue weighted by Gasteiger charge is -2.11. The number of aliphatic hydroxyl groups excluding tert-OH is 1. The summed E-state index contributed by atoms with van der Waals surface area (Å²) < 4.78 is 9.59. The van der Waals surface area contributed by atoms with Crippen molar-refractivity contribution in [1.29, 1.82) is 0 Å². The van der Waals surface area contributed by atoms with Crippen LogP contribution in [0.25, 0.3) is 0 Å². The summed E-state index contributed by atoms with van der Waals surface area (Å²) in [6, 6.07) is 0. The fourth-order valence-electron chi connectivity index (χ4n) is 1.49. The summed E-state index contributed by atoms with van der Waals surface area (Å²) in [5.41, 5.74) is 0. The molecule has 128 valence electrons. The number of carboxylic acids is 1. The van der Waals surface area contributed by atoms with Crippen molar-refractivity contribution in [3.63, 3.8) is 0 Å². The van der Waals surface area contributed by atoms with Gasteiger partial charge in [-0.25, -0.2) is 0 Å². The van der Waals surface area contributed by atoms with Crippen LogP contribution in [0.5, 0.6) is 0 Å². The summed E-state index contributed by atoms with van der Waals surface area (Å²) >= 11 is 0. The Morgan fingerprint density at radius 1 is 1.09 bits per heavy atom. The molecule has 6 nitrogen and oxygen atoms in total. The van der Waals surface area contributed by atoms with E-state index in [4.69, 9.17) is 14.9 Å². The second-order valence-electron chi connectivity index (χ2n) is 4.62. The monoisotopic (exact) mass is 316 g/mol. The predicted molar refractivity (Wildman–Crippen MR) is 84.6 cm³/mol. The van der Waals surface area contributed by atoms with Gasteiger partial charge >= 0.3 is 11.9 Å². The average Bonchev–Trinajstić information content (AvgIpc) is 2.49. The van der Waals surface area contributed by atoms with E-state index in [1.165, 1.54) is 7.11 Å². The Kier molecular flexibility index (Phi) is 16.2. The number of rotatable bonds is 11. The molecule has 0 aromatic heterocycles. The summed E-state index contributed by atoms with van der Waals surface area (Å²) in [5, 5.41) is 17.1. The maximum absolute atomic E-state index is 10.8. The van der Waals surface area contributed by atoms with Crippen molar-refractivity contribution in [2.75, 3.05) is 14.2 Å². The van der Waals surface area contributed by atoms with Gasteiger partial charge in [0.2, 0.25) is 0 Å². The highest BCUT2D eigenvalue weighted by molar-refractivity contribution is 5.69. The predicted octanol–water partition coefficient (Wildman–Crippen LogP) is 2.32. The average molecular weight is 316 g/mol. The van der Waals surface area contributed by atoms with Gasteiger partial charge in [-0.15, -0.1) is 13.2 Å². The van der Waals surface area contributed by atoms with Gasteiger partial charge in [0.1, 0.15) is 0 Å². The minimum Gasteiger partial charge on any atom is -0.481 e. The topological polar surface area (TPSA) is 93.1 Å². The van der Waals surface area contributed by atoms with Crippen LogP contribution in [0.1, 0.15) is 38.5 Å². The van der Waals surface area contributed by atoms with E-state index in [1.807, 2.05) is 6.08 Å². The van der Waals surface area contributed by atoms with Crippen molar-refractivity contribution in [3.05, 3.63) is 25.3 Å². The lowest BCUT2D eigenvalue weighted by Crippen LogP contribution is -2.16. The molecule has 2 atom stereocenters. The van der Waals surface area contributed by atoms with Gasteiger partial charge in [0.05, 0.1) is 32.2 Å². The van der Waals surface area contributed by atoms with Gasteiger partial charge in [-0.1, -0.05) is 12.2 Å². The SMILES string of the molecule is C=CCC[C@@H](O)CC(=O)O.C=CCC[C@H](CC(=O)OC)OC. The summed E-state index contributed by atoms with van der Waals surface area (Å²) in [5.74, 6) is -1.19. The molecule has 0 aliphatic heterocycles. The largest absolute Gasteiger partial charge is 0.481 e. The number of aliphatic carboxylic acids is 1. The smallest absolute Gasteiger partial charge is 0.308 e. The van der Waals surface area contributed by atoms with E-state index in [1.54, 1.807) is 13.2 Å². The number of carboxylic acid groups (broad SMARTS) is 1. The van der Waals surface area contributed by atoms with Gasteiger partial charge in [-0.2, -0.15) is 0 Å². The van der Waals surface area contributed by atoms with Crippen molar-refractivity contribution >= 4 is 11.9 Å². The van der Waals surface area contributed by atoms with Crippen molar-refractivity contribution in [2.24, 2.45) is 0 Å². The van der Waals surface area contributed by atoms with E-state index in [0.29, 0.717) is 19.3 Å². The molecule has 0 fully saturated rings.